The maximum atomic E-state index is 8.12. The van der Waals surface area contributed by atoms with Crippen molar-refractivity contribution in [1.82, 2.24) is 0 Å². The normalized spacial score (nSPS) is 3.43. The van der Waals surface area contributed by atoms with Crippen molar-refractivity contribution in [1.29, 1.82) is 0 Å². The molecular weight excluding hydrogens is 229 g/mol. The van der Waals surface area contributed by atoms with E-state index in [1.807, 2.05) is 0 Å². The maximum absolute atomic E-state index is 8.12. The molecule has 0 radical (unpaired) electrons. The van der Waals surface area contributed by atoms with Crippen molar-refractivity contribution in [3.8, 4) is 0 Å². The third kappa shape index (κ3) is 883. The van der Waals surface area contributed by atoms with Crippen LogP contribution >= 0.6 is 0 Å². The van der Waals surface area contributed by atoms with Gasteiger partial charge in [0.2, 0.25) is 0 Å². The van der Waals surface area contributed by atoms with E-state index in [4.69, 9.17) is 20.2 Å². The summed E-state index contributed by atoms with van der Waals surface area (Å²) < 4.78 is 0. The van der Waals surface area contributed by atoms with E-state index in [0.29, 0.717) is 0 Å². The zero-order valence-corrected chi connectivity index (χ0v) is 7.78. The molecule has 36 valence electrons. The first-order valence-electron chi connectivity index (χ1n) is 0.816. The smallest absolute Gasteiger partial charge is 0.267 e. The number of nitrogens with one attached hydrogen (secondary N) is 2. The molecule has 0 atom stereocenters. The summed E-state index contributed by atoms with van der Waals surface area (Å²) in [7, 11) is 0. The van der Waals surface area contributed by atoms with Crippen molar-refractivity contribution >= 4 is 48.9 Å². The minimum atomic E-state index is 0. The number of hydrogen-bond acceptors (Lipinski definition) is 4. The molecule has 7 heteroatoms. The summed E-state index contributed by atoms with van der Waals surface area (Å²) in [5, 5.41) is 16.8. The van der Waals surface area contributed by atoms with Crippen LogP contribution in [0.2, 0.25) is 0 Å². The predicted octanol–water partition coefficient (Wildman–Crippen LogP) is -3.72. The van der Waals surface area contributed by atoms with Gasteiger partial charge in [-0.1, -0.05) is 0 Å². The van der Waals surface area contributed by atoms with E-state index in [1.54, 1.807) is 0 Å². The summed E-state index contributed by atoms with van der Waals surface area (Å²) in [6, 6.07) is 0. The minimum Gasteiger partial charge on any atom is -0.267 e. The van der Waals surface area contributed by atoms with Crippen LogP contribution in [0.4, 0.5) is 0 Å². The Hall–Kier alpha value is 0.371. The first-order valence-corrected chi connectivity index (χ1v) is 0.816. The topological polar surface area (TPSA) is 108 Å². The van der Waals surface area contributed by atoms with E-state index in [-0.39, 0.29) is 59.6 Å². The molecule has 0 saturated carbocycles. The summed E-state index contributed by atoms with van der Waals surface area (Å²) >= 11 is 0. The molecule has 6 nitrogen and oxygen atoms in total. The van der Waals surface area contributed by atoms with E-state index in [0.717, 1.165) is 0 Å². The van der Waals surface area contributed by atoms with E-state index in [9.17, 15) is 0 Å². The van der Waals surface area contributed by atoms with Crippen molar-refractivity contribution in [2.75, 3.05) is 0 Å². The van der Waals surface area contributed by atoms with Gasteiger partial charge in [0, 0.05) is 10.7 Å². The quantitative estimate of drug-likeness (QED) is 0.254. The number of rotatable bonds is 0. The molecule has 2 N–H and O–H groups in total. The summed E-state index contributed by atoms with van der Waals surface area (Å²) in [6.07, 6.45) is 0. The molecule has 0 spiro atoms. The second-order valence-electron chi connectivity index (χ2n) is 0.167. The molecule has 7 heavy (non-hydrogen) atoms. The van der Waals surface area contributed by atoms with Gasteiger partial charge in [0.1, 0.15) is 0 Å². The first-order chi connectivity index (χ1) is 2.83. The Bertz CT molecular complexity index is 30.7. The molecule has 0 saturated heterocycles. The Morgan fingerprint density at radius 2 is 1.00 bits per heavy atom. The van der Waals surface area contributed by atoms with Gasteiger partial charge in [-0.15, -0.1) is 0 Å². The van der Waals surface area contributed by atoms with Crippen LogP contribution in [0.5, 0.6) is 0 Å². The summed E-state index contributed by atoms with van der Waals surface area (Å²) in [5.74, 6) is 0. The number of hydrogen-bond donors (Lipinski definition) is 2. The standard InChI is InChI=1S/Ba.2HNO2/c;2*2-1-3/h;2*1H/q+2;;. The van der Waals surface area contributed by atoms with Crippen molar-refractivity contribution in [3.63, 3.8) is 0 Å². The van der Waals surface area contributed by atoms with E-state index < -0.39 is 0 Å². The van der Waals surface area contributed by atoms with Crippen molar-refractivity contribution < 1.29 is 10.7 Å². The molecule has 0 rings (SSSR count). The van der Waals surface area contributed by atoms with E-state index in [2.05, 4.69) is 0 Å². The maximum Gasteiger partial charge on any atom is 2.00 e. The molecular formula is H2BaN2O4+2. The Morgan fingerprint density at radius 1 is 1.00 bits per heavy atom. The zero-order valence-electron chi connectivity index (χ0n) is 3.34. The molecule has 0 heterocycles. The fraction of sp³-hybridized carbons (Fsp3) is 0. The van der Waals surface area contributed by atoms with Gasteiger partial charge in [-0.2, -0.15) is 0 Å². The average Bonchev–Trinajstić information content (AvgIpc) is 1.39. The molecule has 0 bridgehead atoms. The largest absolute Gasteiger partial charge is 2.00 e. The van der Waals surface area contributed by atoms with Gasteiger partial charge in [0.25, 0.3) is 0 Å². The van der Waals surface area contributed by atoms with E-state index >= 15 is 0 Å². The zero-order chi connectivity index (χ0) is 5.41. The van der Waals surface area contributed by atoms with Gasteiger partial charge >= 0.3 is 48.9 Å². The monoisotopic (exact) mass is 232 g/mol. The Kier molecular flexibility index (Phi) is 73.1. The van der Waals surface area contributed by atoms with Gasteiger partial charge in [0.15, 0.2) is 0 Å². The first kappa shape index (κ1) is 15.7. The SMILES string of the molecule is O=[NH+][O-].O=[NH+][O-].[Ba+2]. The third-order valence-corrected chi connectivity index (χ3v) is 0. The molecule has 0 aromatic carbocycles. The van der Waals surface area contributed by atoms with Crippen LogP contribution in [0.25, 0.3) is 0 Å². The van der Waals surface area contributed by atoms with Crippen molar-refractivity contribution in [3.05, 3.63) is 20.2 Å². The molecule has 0 unspecified atom stereocenters. The van der Waals surface area contributed by atoms with Gasteiger partial charge in [-0.3, -0.25) is 20.2 Å². The predicted molar refractivity (Wildman–Crippen MR) is 21.1 cm³/mol. The summed E-state index contributed by atoms with van der Waals surface area (Å²) in [5.41, 5.74) is 0. The van der Waals surface area contributed by atoms with Crippen LogP contribution in [0, 0.1) is 20.2 Å². The summed E-state index contributed by atoms with van der Waals surface area (Å²) in [4.78, 5) is 16.2. The molecule has 0 aromatic rings. The van der Waals surface area contributed by atoms with Crippen LogP contribution in [0.1, 0.15) is 0 Å². The molecule has 0 fully saturated rings. The minimum absolute atomic E-state index is 0. The van der Waals surface area contributed by atoms with Crippen LogP contribution in [0.3, 0.4) is 0 Å². The van der Waals surface area contributed by atoms with Crippen molar-refractivity contribution in [2.24, 2.45) is 0 Å². The molecule has 0 aromatic heterocycles. The Balaban J connectivity index is -0.0000000400. The fourth-order valence-electron chi connectivity index (χ4n) is 0. The second-order valence-corrected chi connectivity index (χ2v) is 0.167. The van der Waals surface area contributed by atoms with Crippen LogP contribution < -0.4 is 10.7 Å². The van der Waals surface area contributed by atoms with Crippen LogP contribution in [-0.4, -0.2) is 48.9 Å². The van der Waals surface area contributed by atoms with Crippen LogP contribution in [-0.2, 0) is 0 Å². The van der Waals surface area contributed by atoms with Gasteiger partial charge in [-0.25, -0.2) is 0 Å². The van der Waals surface area contributed by atoms with Crippen LogP contribution in [0.15, 0.2) is 0 Å². The van der Waals surface area contributed by atoms with Gasteiger partial charge < -0.3 is 0 Å². The third-order valence-electron chi connectivity index (χ3n) is 0. The molecule has 0 aliphatic rings. The summed E-state index contributed by atoms with van der Waals surface area (Å²) in [6.45, 7) is 0. The Morgan fingerprint density at radius 3 is 1.00 bits per heavy atom. The van der Waals surface area contributed by atoms with Gasteiger partial charge in [-0.05, 0) is 0 Å². The Labute approximate surface area is 78.8 Å². The van der Waals surface area contributed by atoms with Gasteiger partial charge in [0.05, 0.1) is 0 Å². The van der Waals surface area contributed by atoms with Crippen molar-refractivity contribution in [2.45, 2.75) is 0 Å². The molecule has 0 aliphatic carbocycles. The average molecular weight is 231 g/mol. The second kappa shape index (κ2) is 32.7. The molecule has 0 amide bonds. The molecule has 0 aliphatic heterocycles. The fourth-order valence-corrected chi connectivity index (χ4v) is 0. The van der Waals surface area contributed by atoms with E-state index in [1.165, 1.54) is 0 Å².